The molecule has 4 aromatic rings. The minimum atomic E-state index is 0.527. The molecule has 0 fully saturated rings. The maximum Gasteiger partial charge on any atom is 0.134 e. The van der Waals surface area contributed by atoms with Crippen LogP contribution in [0.4, 0.5) is 0 Å². The van der Waals surface area contributed by atoms with Gasteiger partial charge in [0.2, 0.25) is 0 Å². The van der Waals surface area contributed by atoms with Crippen molar-refractivity contribution in [2.45, 2.75) is 0 Å². The van der Waals surface area contributed by atoms with E-state index in [0.717, 1.165) is 16.8 Å². The van der Waals surface area contributed by atoms with Gasteiger partial charge in [0.25, 0.3) is 0 Å². The van der Waals surface area contributed by atoms with Gasteiger partial charge >= 0.3 is 0 Å². The number of thiazole rings is 1. The molecule has 0 saturated carbocycles. The van der Waals surface area contributed by atoms with Crippen LogP contribution in [0.5, 0.6) is 0 Å². The van der Waals surface area contributed by atoms with Gasteiger partial charge in [0.05, 0.1) is 11.3 Å². The zero-order valence-corrected chi connectivity index (χ0v) is 16.4. The molecule has 0 aliphatic carbocycles. The Hall–Kier alpha value is -3.19. The van der Waals surface area contributed by atoms with Crippen LogP contribution >= 0.6 is 22.9 Å². The van der Waals surface area contributed by atoms with Gasteiger partial charge in [-0.1, -0.05) is 78.3 Å². The Labute approximate surface area is 173 Å². The summed E-state index contributed by atoms with van der Waals surface area (Å²) in [6.07, 6.45) is 1.81. The lowest BCUT2D eigenvalue weighted by Crippen LogP contribution is -1.84. The maximum atomic E-state index is 9.57. The average molecular weight is 399 g/mol. The van der Waals surface area contributed by atoms with E-state index in [9.17, 15) is 5.26 Å². The second kappa shape index (κ2) is 8.22. The fraction of sp³-hybridized carbons (Fsp3) is 0. The van der Waals surface area contributed by atoms with Gasteiger partial charge in [0.1, 0.15) is 11.1 Å². The van der Waals surface area contributed by atoms with Crippen molar-refractivity contribution in [2.75, 3.05) is 0 Å². The van der Waals surface area contributed by atoms with Crippen LogP contribution in [-0.2, 0) is 0 Å². The average Bonchev–Trinajstić information content (AvgIpc) is 3.23. The molecule has 4 rings (SSSR count). The topological polar surface area (TPSA) is 36.7 Å². The summed E-state index contributed by atoms with van der Waals surface area (Å²) in [7, 11) is 0. The molecule has 0 unspecified atom stereocenters. The normalized spacial score (nSPS) is 11.2. The summed E-state index contributed by atoms with van der Waals surface area (Å²) < 4.78 is 0. The van der Waals surface area contributed by atoms with E-state index >= 15 is 0 Å². The Bertz CT molecular complexity index is 1170. The summed E-state index contributed by atoms with van der Waals surface area (Å²) in [5.41, 5.74) is 5.66. The van der Waals surface area contributed by atoms with Crippen molar-refractivity contribution in [1.29, 1.82) is 5.26 Å². The number of aromatic nitrogens is 1. The molecule has 28 heavy (non-hydrogen) atoms. The van der Waals surface area contributed by atoms with Crippen LogP contribution in [0.25, 0.3) is 34.0 Å². The van der Waals surface area contributed by atoms with Crippen LogP contribution in [0, 0.1) is 11.3 Å². The van der Waals surface area contributed by atoms with E-state index in [1.54, 1.807) is 0 Å². The first-order valence-corrected chi connectivity index (χ1v) is 9.98. The molecule has 0 aliphatic heterocycles. The van der Waals surface area contributed by atoms with Gasteiger partial charge in [0, 0.05) is 16.0 Å². The highest BCUT2D eigenvalue weighted by Crippen LogP contribution is 2.29. The molecule has 0 N–H and O–H groups in total. The molecule has 0 aliphatic rings. The highest BCUT2D eigenvalue weighted by atomic mass is 35.5. The summed E-state index contributed by atoms with van der Waals surface area (Å²) in [6.45, 7) is 0. The van der Waals surface area contributed by atoms with Crippen LogP contribution in [-0.4, -0.2) is 4.98 Å². The molecule has 134 valence electrons. The predicted octanol–water partition coefficient (Wildman–Crippen LogP) is 7.19. The van der Waals surface area contributed by atoms with Crippen molar-refractivity contribution in [3.05, 3.63) is 99.8 Å². The van der Waals surface area contributed by atoms with Crippen LogP contribution in [0.3, 0.4) is 0 Å². The third-order valence-corrected chi connectivity index (χ3v) is 5.41. The molecule has 3 aromatic carbocycles. The zero-order valence-electron chi connectivity index (χ0n) is 14.8. The molecule has 0 atom stereocenters. The Morgan fingerprint density at radius 3 is 2.32 bits per heavy atom. The smallest absolute Gasteiger partial charge is 0.134 e. The molecule has 4 heteroatoms. The van der Waals surface area contributed by atoms with Gasteiger partial charge in [-0.15, -0.1) is 11.3 Å². The molecule has 0 spiro atoms. The van der Waals surface area contributed by atoms with E-state index in [-0.39, 0.29) is 0 Å². The van der Waals surface area contributed by atoms with Crippen molar-refractivity contribution < 1.29 is 0 Å². The second-order valence-electron chi connectivity index (χ2n) is 6.21. The van der Waals surface area contributed by atoms with Crippen molar-refractivity contribution in [1.82, 2.24) is 4.98 Å². The molecule has 1 aromatic heterocycles. The summed E-state index contributed by atoms with van der Waals surface area (Å²) in [6, 6.07) is 28.3. The van der Waals surface area contributed by atoms with Gasteiger partial charge in [-0.25, -0.2) is 4.98 Å². The summed E-state index contributed by atoms with van der Waals surface area (Å²) in [5, 5.41) is 12.9. The van der Waals surface area contributed by atoms with Crippen molar-refractivity contribution in [3.8, 4) is 28.5 Å². The number of nitriles is 1. The molecule has 1 heterocycles. The highest BCUT2D eigenvalue weighted by molar-refractivity contribution is 7.11. The predicted molar refractivity (Wildman–Crippen MR) is 118 cm³/mol. The van der Waals surface area contributed by atoms with Gasteiger partial charge in [-0.05, 0) is 34.9 Å². The number of allylic oxidation sites excluding steroid dienone is 1. The number of hydrogen-bond donors (Lipinski definition) is 0. The second-order valence-corrected chi connectivity index (χ2v) is 7.50. The fourth-order valence-electron chi connectivity index (χ4n) is 2.90. The van der Waals surface area contributed by atoms with Gasteiger partial charge in [0.15, 0.2) is 0 Å². The minimum Gasteiger partial charge on any atom is -0.235 e. The third kappa shape index (κ3) is 4.04. The van der Waals surface area contributed by atoms with Crippen LogP contribution in [0.15, 0.2) is 84.2 Å². The van der Waals surface area contributed by atoms with Crippen LogP contribution in [0.1, 0.15) is 10.6 Å². The molecule has 0 amide bonds. The van der Waals surface area contributed by atoms with E-state index in [2.05, 4.69) is 47.5 Å². The number of halogens is 1. The van der Waals surface area contributed by atoms with Gasteiger partial charge < -0.3 is 0 Å². The van der Waals surface area contributed by atoms with Crippen molar-refractivity contribution >= 4 is 34.6 Å². The van der Waals surface area contributed by atoms with E-state index in [1.165, 1.54) is 22.5 Å². The third-order valence-electron chi connectivity index (χ3n) is 4.30. The molecule has 0 radical (unpaired) electrons. The van der Waals surface area contributed by atoms with Gasteiger partial charge in [-0.3, -0.25) is 0 Å². The molecular formula is C24H15ClN2S. The minimum absolute atomic E-state index is 0.527. The lowest BCUT2D eigenvalue weighted by atomic mass is 10.0. The first kappa shape index (κ1) is 18.2. The number of rotatable bonds is 4. The standard InChI is InChI=1S/C24H15ClN2S/c25-22-8-4-5-17(14-22)13-21(15-26)24-27-23(16-28-24)20-11-9-19(10-12-20)18-6-2-1-3-7-18/h1-14,16H/b21-13+. The van der Waals surface area contributed by atoms with Crippen LogP contribution in [0.2, 0.25) is 5.02 Å². The van der Waals surface area contributed by atoms with E-state index in [0.29, 0.717) is 15.6 Å². The van der Waals surface area contributed by atoms with Gasteiger partial charge in [-0.2, -0.15) is 5.26 Å². The van der Waals surface area contributed by atoms with E-state index < -0.39 is 0 Å². The highest BCUT2D eigenvalue weighted by Gasteiger charge is 2.09. The lowest BCUT2D eigenvalue weighted by molar-refractivity contribution is 1.37. The maximum absolute atomic E-state index is 9.57. The Morgan fingerprint density at radius 2 is 1.61 bits per heavy atom. The molecule has 0 bridgehead atoms. The zero-order chi connectivity index (χ0) is 19.3. The quantitative estimate of drug-likeness (QED) is 0.341. The first-order valence-electron chi connectivity index (χ1n) is 8.72. The summed E-state index contributed by atoms with van der Waals surface area (Å²) in [5.74, 6) is 0. The van der Waals surface area contributed by atoms with Crippen LogP contribution < -0.4 is 0 Å². The molecule has 2 nitrogen and oxygen atoms in total. The first-order chi connectivity index (χ1) is 13.7. The Morgan fingerprint density at radius 1 is 0.893 bits per heavy atom. The number of benzene rings is 3. The van der Waals surface area contributed by atoms with E-state index in [1.807, 2.05) is 53.9 Å². The lowest BCUT2D eigenvalue weighted by Gasteiger charge is -2.02. The largest absolute Gasteiger partial charge is 0.235 e. The molecule has 0 saturated heterocycles. The Balaban J connectivity index is 1.61. The summed E-state index contributed by atoms with van der Waals surface area (Å²) >= 11 is 7.50. The number of nitrogens with zero attached hydrogens (tertiary/aromatic N) is 2. The Kier molecular flexibility index (Phi) is 5.34. The SMILES string of the molecule is N#C/C(=C\c1cccc(Cl)c1)c1nc(-c2ccc(-c3ccccc3)cc2)cs1. The monoisotopic (exact) mass is 398 g/mol. The molecular weight excluding hydrogens is 384 g/mol. The number of hydrogen-bond acceptors (Lipinski definition) is 3. The van der Waals surface area contributed by atoms with Crippen molar-refractivity contribution in [2.24, 2.45) is 0 Å². The van der Waals surface area contributed by atoms with Crippen molar-refractivity contribution in [3.63, 3.8) is 0 Å². The summed E-state index contributed by atoms with van der Waals surface area (Å²) in [4.78, 5) is 4.67. The fourth-order valence-corrected chi connectivity index (χ4v) is 3.89. The van der Waals surface area contributed by atoms with E-state index in [4.69, 9.17) is 11.6 Å².